The van der Waals surface area contributed by atoms with Gasteiger partial charge in [0.15, 0.2) is 0 Å². The second-order valence-electron chi connectivity index (χ2n) is 7.70. The third-order valence-electron chi connectivity index (χ3n) is 5.75. The van der Waals surface area contributed by atoms with Crippen LogP contribution < -0.4 is 0 Å². The molecule has 1 aliphatic heterocycles. The number of aromatic nitrogens is 1. The van der Waals surface area contributed by atoms with Gasteiger partial charge in [0.2, 0.25) is 5.91 Å². The number of amides is 2. The molecule has 0 aromatic carbocycles. The minimum atomic E-state index is -0.139. The van der Waals surface area contributed by atoms with Gasteiger partial charge in [-0.15, -0.1) is 11.3 Å². The van der Waals surface area contributed by atoms with Crippen molar-refractivity contribution >= 4 is 28.9 Å². The smallest absolute Gasteiger partial charge is 0.262 e. The van der Waals surface area contributed by atoms with E-state index in [-0.39, 0.29) is 30.3 Å². The number of hydrogen-bond donors (Lipinski definition) is 0. The molecule has 0 N–H and O–H groups in total. The number of carbonyl (C=O) groups excluding carboxylic acids is 2. The van der Waals surface area contributed by atoms with E-state index in [1.807, 2.05) is 47.5 Å². The second kappa shape index (κ2) is 7.91. The van der Waals surface area contributed by atoms with Crippen molar-refractivity contribution in [2.75, 3.05) is 13.6 Å². The second-order valence-corrected chi connectivity index (χ2v) is 8.65. The van der Waals surface area contributed by atoms with E-state index in [9.17, 15) is 9.59 Å². The molecule has 1 unspecified atom stereocenters. The first kappa shape index (κ1) is 18.9. The van der Waals surface area contributed by atoms with Crippen LogP contribution in [0.1, 0.15) is 48.7 Å². The van der Waals surface area contributed by atoms with Crippen molar-refractivity contribution in [3.8, 4) is 0 Å². The summed E-state index contributed by atoms with van der Waals surface area (Å²) >= 11 is 1.63. The summed E-state index contributed by atoms with van der Waals surface area (Å²) in [7, 11) is 3.72. The molecule has 1 fully saturated rings. The average molecular weight is 399 g/mol. The normalized spacial score (nSPS) is 19.9. The van der Waals surface area contributed by atoms with Gasteiger partial charge in [-0.1, -0.05) is 18.9 Å². The fraction of sp³-hybridized carbons (Fsp3) is 0.476. The van der Waals surface area contributed by atoms with E-state index in [1.54, 1.807) is 28.3 Å². The Bertz CT molecular complexity index is 880. The molecule has 6 nitrogen and oxygen atoms in total. The first-order valence-electron chi connectivity index (χ1n) is 9.84. The summed E-state index contributed by atoms with van der Waals surface area (Å²) in [6.07, 6.45) is 6.76. The van der Waals surface area contributed by atoms with E-state index in [0.717, 1.165) is 42.0 Å². The summed E-state index contributed by atoms with van der Waals surface area (Å²) < 4.78 is 2.03. The molecule has 1 atom stereocenters. The molecule has 0 bridgehead atoms. The zero-order valence-electron chi connectivity index (χ0n) is 16.4. The van der Waals surface area contributed by atoms with Crippen LogP contribution in [-0.2, 0) is 16.6 Å². The monoisotopic (exact) mass is 398 g/mol. The molecule has 1 aliphatic carbocycles. The molecule has 2 aliphatic rings. The van der Waals surface area contributed by atoms with Crippen molar-refractivity contribution in [1.29, 1.82) is 0 Å². The maximum atomic E-state index is 13.1. The number of carbonyl (C=O) groups is 2. The van der Waals surface area contributed by atoms with E-state index in [0.29, 0.717) is 6.42 Å². The molecule has 4 rings (SSSR count). The van der Waals surface area contributed by atoms with Gasteiger partial charge in [-0.25, -0.2) is 5.01 Å². The summed E-state index contributed by atoms with van der Waals surface area (Å²) in [4.78, 5) is 28.4. The number of rotatable bonds is 5. The van der Waals surface area contributed by atoms with Gasteiger partial charge in [-0.2, -0.15) is 5.10 Å². The fourth-order valence-corrected chi connectivity index (χ4v) is 4.94. The molecule has 148 valence electrons. The van der Waals surface area contributed by atoms with Crippen LogP contribution >= 0.6 is 11.3 Å². The summed E-state index contributed by atoms with van der Waals surface area (Å²) in [5.74, 6) is 0.0276. The van der Waals surface area contributed by atoms with Crippen LogP contribution in [0.5, 0.6) is 0 Å². The van der Waals surface area contributed by atoms with Crippen molar-refractivity contribution in [3.63, 3.8) is 0 Å². The van der Waals surface area contributed by atoms with Crippen molar-refractivity contribution < 1.29 is 9.59 Å². The Labute approximate surface area is 169 Å². The Balaban J connectivity index is 1.53. The first-order valence-corrected chi connectivity index (χ1v) is 10.7. The topological polar surface area (TPSA) is 57.9 Å². The molecular weight excluding hydrogens is 372 g/mol. The van der Waals surface area contributed by atoms with Crippen molar-refractivity contribution in [2.24, 2.45) is 18.1 Å². The highest BCUT2D eigenvalue weighted by Crippen LogP contribution is 2.34. The van der Waals surface area contributed by atoms with Crippen LogP contribution in [0.15, 0.2) is 40.9 Å². The van der Waals surface area contributed by atoms with Gasteiger partial charge < -0.3 is 9.47 Å². The van der Waals surface area contributed by atoms with Gasteiger partial charge in [-0.3, -0.25) is 9.59 Å². The Morgan fingerprint density at radius 1 is 1.25 bits per heavy atom. The van der Waals surface area contributed by atoms with E-state index in [2.05, 4.69) is 5.10 Å². The van der Waals surface area contributed by atoms with Crippen LogP contribution in [0.25, 0.3) is 0 Å². The van der Waals surface area contributed by atoms with E-state index < -0.39 is 0 Å². The number of hydrogen-bond acceptors (Lipinski definition) is 4. The zero-order chi connectivity index (χ0) is 19.7. The number of nitrogens with zero attached hydrogens (tertiary/aromatic N) is 4. The lowest BCUT2D eigenvalue weighted by Gasteiger charge is -2.26. The molecule has 0 radical (unpaired) electrons. The predicted molar refractivity (Wildman–Crippen MR) is 110 cm³/mol. The van der Waals surface area contributed by atoms with Gasteiger partial charge in [0.25, 0.3) is 5.91 Å². The number of thiophene rings is 1. The Hall–Kier alpha value is -2.41. The highest BCUT2D eigenvalue weighted by Gasteiger charge is 2.36. The Kier molecular flexibility index (Phi) is 5.35. The van der Waals surface area contributed by atoms with Crippen LogP contribution in [-0.4, -0.2) is 45.6 Å². The highest BCUT2D eigenvalue weighted by molar-refractivity contribution is 7.12. The maximum absolute atomic E-state index is 13.1. The zero-order valence-corrected chi connectivity index (χ0v) is 17.2. The SMILES string of the molecule is CN(CC(=O)N1N=C(c2cccs2)CC1c1cccn1C)C(=O)C1CCCC1. The lowest BCUT2D eigenvalue weighted by Crippen LogP contribution is -2.41. The van der Waals surface area contributed by atoms with Crippen LogP contribution in [0, 0.1) is 5.92 Å². The molecule has 0 saturated heterocycles. The third-order valence-corrected chi connectivity index (χ3v) is 6.67. The molecule has 2 aromatic heterocycles. The first-order chi connectivity index (χ1) is 13.5. The molecule has 28 heavy (non-hydrogen) atoms. The predicted octanol–water partition coefficient (Wildman–Crippen LogP) is 3.41. The van der Waals surface area contributed by atoms with E-state index >= 15 is 0 Å². The third kappa shape index (κ3) is 3.63. The molecule has 2 aromatic rings. The van der Waals surface area contributed by atoms with Crippen molar-refractivity contribution in [1.82, 2.24) is 14.5 Å². The average Bonchev–Trinajstić information content (AvgIpc) is 3.46. The van der Waals surface area contributed by atoms with Gasteiger partial charge in [-0.05, 0) is 36.4 Å². The molecule has 1 saturated carbocycles. The van der Waals surface area contributed by atoms with Crippen LogP contribution in [0.4, 0.5) is 0 Å². The molecule has 7 heteroatoms. The van der Waals surface area contributed by atoms with Crippen molar-refractivity contribution in [3.05, 3.63) is 46.4 Å². The summed E-state index contributed by atoms with van der Waals surface area (Å²) in [6, 6.07) is 7.91. The Morgan fingerprint density at radius 2 is 2.04 bits per heavy atom. The summed E-state index contributed by atoms with van der Waals surface area (Å²) in [5, 5.41) is 8.29. The van der Waals surface area contributed by atoms with E-state index in [1.165, 1.54) is 0 Å². The minimum Gasteiger partial charge on any atom is -0.353 e. The molecular formula is C21H26N4O2S. The highest BCUT2D eigenvalue weighted by atomic mass is 32.1. The molecule has 2 amide bonds. The van der Waals surface area contributed by atoms with Gasteiger partial charge in [0, 0.05) is 38.3 Å². The van der Waals surface area contributed by atoms with Gasteiger partial charge >= 0.3 is 0 Å². The van der Waals surface area contributed by atoms with Crippen molar-refractivity contribution in [2.45, 2.75) is 38.1 Å². The number of likely N-dealkylation sites (N-methyl/N-ethyl adjacent to an activating group) is 1. The number of hydrazone groups is 1. The summed E-state index contributed by atoms with van der Waals surface area (Å²) in [5.41, 5.74) is 1.98. The largest absolute Gasteiger partial charge is 0.353 e. The maximum Gasteiger partial charge on any atom is 0.262 e. The fourth-order valence-electron chi connectivity index (χ4n) is 4.22. The summed E-state index contributed by atoms with van der Waals surface area (Å²) in [6.45, 7) is 0.0669. The lowest BCUT2D eigenvalue weighted by molar-refractivity contribution is -0.142. The standard InChI is InChI=1S/C21H26N4O2S/c1-23-11-5-9-17(23)18-13-16(19-10-6-12-28-19)22-25(18)20(26)14-24(2)21(27)15-7-3-4-8-15/h5-6,9-12,15,18H,3-4,7-8,13-14H2,1-2H3. The Morgan fingerprint density at radius 3 is 2.68 bits per heavy atom. The lowest BCUT2D eigenvalue weighted by atomic mass is 10.1. The minimum absolute atomic E-state index is 0.0669. The molecule has 0 spiro atoms. The molecule has 3 heterocycles. The van der Waals surface area contributed by atoms with Gasteiger partial charge in [0.1, 0.15) is 12.6 Å². The quantitative estimate of drug-likeness (QED) is 0.775. The van der Waals surface area contributed by atoms with E-state index in [4.69, 9.17) is 0 Å². The van der Waals surface area contributed by atoms with Gasteiger partial charge in [0.05, 0.1) is 10.6 Å². The van der Waals surface area contributed by atoms with Crippen LogP contribution in [0.3, 0.4) is 0 Å². The van der Waals surface area contributed by atoms with Crippen LogP contribution in [0.2, 0.25) is 0 Å². The number of aryl methyl sites for hydroxylation is 1.